The van der Waals surface area contributed by atoms with Gasteiger partial charge >= 0.3 is 6.18 Å². The Morgan fingerprint density at radius 1 is 1.22 bits per heavy atom. The van der Waals surface area contributed by atoms with Gasteiger partial charge in [0.15, 0.2) is 0 Å². The lowest BCUT2D eigenvalue weighted by Crippen LogP contribution is -2.42. The molecule has 0 bridgehead atoms. The first-order valence-electron chi connectivity index (χ1n) is 6.03. The smallest absolute Gasteiger partial charge is 0.367 e. The average Bonchev–Trinajstić information content (AvgIpc) is 2.25. The van der Waals surface area contributed by atoms with Crippen LogP contribution in [0.1, 0.15) is 24.8 Å². The maximum Gasteiger partial charge on any atom is 0.418 e. The average molecular weight is 322 g/mol. The van der Waals surface area contributed by atoms with Crippen molar-refractivity contribution in [3.8, 4) is 0 Å². The highest BCUT2D eigenvalue weighted by Gasteiger charge is 2.36. The Morgan fingerprint density at radius 2 is 1.89 bits per heavy atom. The van der Waals surface area contributed by atoms with Crippen LogP contribution >= 0.6 is 15.9 Å². The summed E-state index contributed by atoms with van der Waals surface area (Å²) in [6, 6.07) is 6.11. The molecule has 2 rings (SSSR count). The number of nitrogens with zero attached hydrogens (tertiary/aromatic N) is 1. The summed E-state index contributed by atoms with van der Waals surface area (Å²) >= 11 is 3.32. The number of para-hydroxylation sites is 1. The predicted octanol–water partition coefficient (Wildman–Crippen LogP) is 4.46. The monoisotopic (exact) mass is 321 g/mol. The van der Waals surface area contributed by atoms with E-state index in [0.29, 0.717) is 17.6 Å². The normalized spacial score (nSPS) is 16.4. The standard InChI is InChI=1S/C13H15BrF3N/c14-8-9-18(10-4-3-5-10)12-7-2-1-6-11(12)13(15,16)17/h1-2,6-7,10H,3-5,8-9H2. The molecule has 0 radical (unpaired) electrons. The van der Waals surface area contributed by atoms with Crippen molar-refractivity contribution in [2.75, 3.05) is 16.8 Å². The molecule has 1 nitrogen and oxygen atoms in total. The SMILES string of the molecule is FC(F)(F)c1ccccc1N(CCBr)C1CCC1. The molecule has 1 aromatic rings. The van der Waals surface area contributed by atoms with E-state index in [-0.39, 0.29) is 6.04 Å². The summed E-state index contributed by atoms with van der Waals surface area (Å²) in [5.74, 6) is 0. The van der Waals surface area contributed by atoms with Crippen LogP contribution in [0.3, 0.4) is 0 Å². The summed E-state index contributed by atoms with van der Waals surface area (Å²) in [4.78, 5) is 1.89. The molecule has 1 aliphatic carbocycles. The van der Waals surface area contributed by atoms with Crippen LogP contribution in [0.5, 0.6) is 0 Å². The zero-order chi connectivity index (χ0) is 13.2. The number of hydrogen-bond acceptors (Lipinski definition) is 1. The van der Waals surface area contributed by atoms with E-state index in [1.807, 2.05) is 4.90 Å². The highest BCUT2D eigenvalue weighted by molar-refractivity contribution is 9.09. The Morgan fingerprint density at radius 3 is 2.39 bits per heavy atom. The largest absolute Gasteiger partial charge is 0.418 e. The first kappa shape index (κ1) is 13.7. The summed E-state index contributed by atoms with van der Waals surface area (Å²) in [6.07, 6.45) is -1.21. The number of alkyl halides is 4. The molecule has 0 heterocycles. The second-order valence-electron chi connectivity index (χ2n) is 4.48. The van der Waals surface area contributed by atoms with Gasteiger partial charge in [-0.3, -0.25) is 0 Å². The molecular formula is C13H15BrF3N. The lowest BCUT2D eigenvalue weighted by molar-refractivity contribution is -0.137. The molecule has 0 amide bonds. The fraction of sp³-hybridized carbons (Fsp3) is 0.538. The molecule has 0 saturated heterocycles. The van der Waals surface area contributed by atoms with Gasteiger partial charge in [-0.1, -0.05) is 28.1 Å². The van der Waals surface area contributed by atoms with Gasteiger partial charge in [0.1, 0.15) is 0 Å². The zero-order valence-corrected chi connectivity index (χ0v) is 11.5. The van der Waals surface area contributed by atoms with Gasteiger partial charge in [-0.25, -0.2) is 0 Å². The molecule has 1 saturated carbocycles. The number of hydrogen-bond donors (Lipinski definition) is 0. The van der Waals surface area contributed by atoms with E-state index < -0.39 is 11.7 Å². The Balaban J connectivity index is 2.34. The summed E-state index contributed by atoms with van der Waals surface area (Å²) < 4.78 is 39.0. The van der Waals surface area contributed by atoms with Gasteiger partial charge in [0.25, 0.3) is 0 Å². The lowest BCUT2D eigenvalue weighted by Gasteiger charge is -2.40. The minimum atomic E-state index is -4.29. The molecule has 0 spiro atoms. The van der Waals surface area contributed by atoms with Crippen LogP contribution < -0.4 is 4.90 Å². The fourth-order valence-electron chi connectivity index (χ4n) is 2.25. The van der Waals surface area contributed by atoms with Gasteiger partial charge in [-0.05, 0) is 31.4 Å². The van der Waals surface area contributed by atoms with E-state index in [9.17, 15) is 13.2 Å². The van der Waals surface area contributed by atoms with Crippen molar-refractivity contribution in [2.24, 2.45) is 0 Å². The predicted molar refractivity (Wildman–Crippen MR) is 70.2 cm³/mol. The molecule has 0 atom stereocenters. The maximum absolute atomic E-state index is 13.0. The van der Waals surface area contributed by atoms with E-state index in [1.165, 1.54) is 6.07 Å². The topological polar surface area (TPSA) is 3.24 Å². The van der Waals surface area contributed by atoms with Crippen LogP contribution in [0, 0.1) is 0 Å². The highest BCUT2D eigenvalue weighted by atomic mass is 79.9. The maximum atomic E-state index is 13.0. The van der Waals surface area contributed by atoms with Crippen molar-refractivity contribution in [1.82, 2.24) is 0 Å². The van der Waals surface area contributed by atoms with Crippen molar-refractivity contribution in [3.63, 3.8) is 0 Å². The van der Waals surface area contributed by atoms with Crippen molar-refractivity contribution in [1.29, 1.82) is 0 Å². The summed E-state index contributed by atoms with van der Waals surface area (Å²) in [7, 11) is 0. The minimum absolute atomic E-state index is 0.256. The summed E-state index contributed by atoms with van der Waals surface area (Å²) in [6.45, 7) is 0.609. The van der Waals surface area contributed by atoms with E-state index in [1.54, 1.807) is 12.1 Å². The molecule has 1 fully saturated rings. The molecule has 0 N–H and O–H groups in total. The van der Waals surface area contributed by atoms with E-state index in [2.05, 4.69) is 15.9 Å². The minimum Gasteiger partial charge on any atom is -0.367 e. The summed E-state index contributed by atoms with van der Waals surface area (Å²) in [5.41, 5.74) is -0.216. The number of anilines is 1. The van der Waals surface area contributed by atoms with Crippen LogP contribution in [-0.2, 0) is 6.18 Å². The number of halogens is 4. The second kappa shape index (κ2) is 5.51. The molecule has 0 aliphatic heterocycles. The first-order chi connectivity index (χ1) is 8.54. The van der Waals surface area contributed by atoms with Crippen molar-refractivity contribution < 1.29 is 13.2 Å². The Labute approximate surface area is 113 Å². The van der Waals surface area contributed by atoms with E-state index >= 15 is 0 Å². The van der Waals surface area contributed by atoms with Gasteiger partial charge in [0.2, 0.25) is 0 Å². The van der Waals surface area contributed by atoms with Crippen molar-refractivity contribution in [2.45, 2.75) is 31.5 Å². The van der Waals surface area contributed by atoms with Gasteiger partial charge in [0, 0.05) is 23.6 Å². The molecule has 100 valence electrons. The van der Waals surface area contributed by atoms with Crippen LogP contribution in [0.15, 0.2) is 24.3 Å². The molecule has 18 heavy (non-hydrogen) atoms. The zero-order valence-electron chi connectivity index (χ0n) is 9.88. The van der Waals surface area contributed by atoms with Crippen LogP contribution in [0.2, 0.25) is 0 Å². The third-order valence-electron chi connectivity index (χ3n) is 3.36. The molecule has 5 heteroatoms. The highest BCUT2D eigenvalue weighted by Crippen LogP contribution is 2.39. The number of benzene rings is 1. The molecule has 1 aliphatic rings. The summed E-state index contributed by atoms with van der Waals surface area (Å²) in [5, 5.41) is 0.676. The molecule has 0 unspecified atom stereocenters. The van der Waals surface area contributed by atoms with Gasteiger partial charge < -0.3 is 4.90 Å². The van der Waals surface area contributed by atoms with Crippen LogP contribution in [0.4, 0.5) is 18.9 Å². The van der Waals surface area contributed by atoms with Crippen molar-refractivity contribution in [3.05, 3.63) is 29.8 Å². The van der Waals surface area contributed by atoms with E-state index in [4.69, 9.17) is 0 Å². The fourth-order valence-corrected chi connectivity index (χ4v) is 2.64. The van der Waals surface area contributed by atoms with Gasteiger partial charge in [-0.15, -0.1) is 0 Å². The van der Waals surface area contributed by atoms with Crippen LogP contribution in [0.25, 0.3) is 0 Å². The third kappa shape index (κ3) is 2.82. The molecule has 0 aromatic heterocycles. The Hall–Kier alpha value is -0.710. The Bertz CT molecular complexity index is 401. The lowest BCUT2D eigenvalue weighted by atomic mass is 9.90. The first-order valence-corrected chi connectivity index (χ1v) is 7.15. The van der Waals surface area contributed by atoms with Gasteiger partial charge in [-0.2, -0.15) is 13.2 Å². The van der Waals surface area contributed by atoms with Gasteiger partial charge in [0.05, 0.1) is 5.56 Å². The second-order valence-corrected chi connectivity index (χ2v) is 5.28. The van der Waals surface area contributed by atoms with E-state index in [0.717, 1.165) is 25.3 Å². The molecular weight excluding hydrogens is 307 g/mol. The number of rotatable bonds is 4. The third-order valence-corrected chi connectivity index (χ3v) is 3.71. The quantitative estimate of drug-likeness (QED) is 0.740. The molecule has 1 aromatic carbocycles. The Kier molecular flexibility index (Phi) is 4.20. The van der Waals surface area contributed by atoms with Crippen LogP contribution in [-0.4, -0.2) is 17.9 Å². The van der Waals surface area contributed by atoms with Crippen molar-refractivity contribution >= 4 is 21.6 Å².